The topological polar surface area (TPSA) is 43.3 Å². The van der Waals surface area contributed by atoms with E-state index in [0.29, 0.717) is 12.4 Å². The van der Waals surface area contributed by atoms with Crippen LogP contribution in [-0.2, 0) is 19.6 Å². The molecule has 4 aromatic rings. The second kappa shape index (κ2) is 7.85. The highest BCUT2D eigenvalue weighted by atomic mass is 32.1. The van der Waals surface area contributed by atoms with E-state index in [1.165, 1.54) is 26.9 Å². The van der Waals surface area contributed by atoms with Crippen LogP contribution in [0.5, 0.6) is 5.75 Å². The van der Waals surface area contributed by atoms with Gasteiger partial charge in [-0.15, -0.1) is 11.3 Å². The van der Waals surface area contributed by atoms with Gasteiger partial charge in [0, 0.05) is 34.1 Å². The Labute approximate surface area is 173 Å². The van der Waals surface area contributed by atoms with Gasteiger partial charge in [-0.05, 0) is 60.2 Å². The smallest absolute Gasteiger partial charge is 0.258 e. The van der Waals surface area contributed by atoms with Crippen molar-refractivity contribution in [2.75, 3.05) is 6.54 Å². The van der Waals surface area contributed by atoms with E-state index in [1.54, 1.807) is 16.8 Å². The molecule has 2 aromatic carbocycles. The van der Waals surface area contributed by atoms with E-state index in [1.807, 2.05) is 53.8 Å². The van der Waals surface area contributed by atoms with Crippen molar-refractivity contribution in [3.05, 3.63) is 93.2 Å². The molecular formula is C24H22N2O2S. The number of aryl methyl sites for hydroxylation is 1. The number of pyridine rings is 1. The number of aromatic nitrogens is 1. The summed E-state index contributed by atoms with van der Waals surface area (Å²) in [6.45, 7) is 2.41. The molecule has 0 unspecified atom stereocenters. The number of fused-ring (bicyclic) bond motifs is 3. The molecule has 0 bridgehead atoms. The van der Waals surface area contributed by atoms with Gasteiger partial charge in [-0.25, -0.2) is 0 Å². The predicted molar refractivity (Wildman–Crippen MR) is 118 cm³/mol. The molecule has 0 saturated heterocycles. The van der Waals surface area contributed by atoms with Gasteiger partial charge >= 0.3 is 0 Å². The zero-order valence-corrected chi connectivity index (χ0v) is 16.9. The first-order chi connectivity index (χ1) is 14.3. The number of nitrogens with one attached hydrogen (secondary N) is 1. The average molecular weight is 403 g/mol. The van der Waals surface area contributed by atoms with Crippen LogP contribution >= 0.6 is 11.3 Å². The monoisotopic (exact) mass is 402 g/mol. The third-order valence-corrected chi connectivity index (χ3v) is 6.61. The molecule has 0 amide bonds. The van der Waals surface area contributed by atoms with Gasteiger partial charge < -0.3 is 10.1 Å². The average Bonchev–Trinajstić information content (AvgIpc) is 2.93. The summed E-state index contributed by atoms with van der Waals surface area (Å²) < 4.78 is 8.76. The maximum absolute atomic E-state index is 12.7. The molecule has 5 rings (SSSR count). The minimum atomic E-state index is -0.0886. The van der Waals surface area contributed by atoms with Crippen molar-refractivity contribution in [2.45, 2.75) is 26.0 Å². The van der Waals surface area contributed by atoms with Crippen molar-refractivity contribution in [3.63, 3.8) is 0 Å². The molecule has 0 fully saturated rings. The van der Waals surface area contributed by atoms with Gasteiger partial charge in [-0.2, -0.15) is 0 Å². The van der Waals surface area contributed by atoms with Gasteiger partial charge in [-0.3, -0.25) is 9.36 Å². The lowest BCUT2D eigenvalue weighted by Crippen LogP contribution is -2.16. The minimum Gasteiger partial charge on any atom is -0.489 e. The molecule has 3 heterocycles. The summed E-state index contributed by atoms with van der Waals surface area (Å²) in [7, 11) is 0. The second-order valence-electron chi connectivity index (χ2n) is 7.31. The first-order valence-electron chi connectivity index (χ1n) is 9.93. The van der Waals surface area contributed by atoms with E-state index in [-0.39, 0.29) is 5.56 Å². The lowest BCUT2D eigenvalue weighted by molar-refractivity contribution is 0.305. The fourth-order valence-corrected chi connectivity index (χ4v) is 5.07. The molecule has 1 N–H and O–H groups in total. The number of ether oxygens (including phenoxy) is 1. The summed E-state index contributed by atoms with van der Waals surface area (Å²) in [5, 5.41) is 4.77. The van der Waals surface area contributed by atoms with Crippen molar-refractivity contribution in [2.24, 2.45) is 0 Å². The number of thiophene rings is 1. The Hall–Kier alpha value is -2.89. The SMILES string of the molecule is O=c1cc(OCc2ccccc2)ccn1-c1ccc2sc3c(c2c1)CNCCC3. The van der Waals surface area contributed by atoms with Gasteiger partial charge in [0.05, 0.1) is 0 Å². The number of hydrogen-bond acceptors (Lipinski definition) is 4. The Morgan fingerprint density at radius 3 is 2.83 bits per heavy atom. The molecule has 5 heteroatoms. The summed E-state index contributed by atoms with van der Waals surface area (Å²) in [4.78, 5) is 14.2. The molecule has 0 spiro atoms. The van der Waals surface area contributed by atoms with E-state index >= 15 is 0 Å². The van der Waals surface area contributed by atoms with Crippen LogP contribution in [0, 0.1) is 0 Å². The number of nitrogens with zero attached hydrogens (tertiary/aromatic N) is 1. The van der Waals surface area contributed by atoms with Gasteiger partial charge in [0.15, 0.2) is 0 Å². The van der Waals surface area contributed by atoms with E-state index < -0.39 is 0 Å². The number of rotatable bonds is 4. The van der Waals surface area contributed by atoms with Crippen molar-refractivity contribution >= 4 is 21.4 Å². The maximum atomic E-state index is 12.7. The fourth-order valence-electron chi connectivity index (χ4n) is 3.83. The third-order valence-electron chi connectivity index (χ3n) is 5.33. The minimum absolute atomic E-state index is 0.0886. The molecule has 4 nitrogen and oxygen atoms in total. The second-order valence-corrected chi connectivity index (χ2v) is 8.45. The summed E-state index contributed by atoms with van der Waals surface area (Å²) in [5.41, 5.74) is 3.27. The first-order valence-corrected chi connectivity index (χ1v) is 10.7. The Morgan fingerprint density at radius 2 is 1.97 bits per heavy atom. The van der Waals surface area contributed by atoms with Gasteiger partial charge in [0.25, 0.3) is 5.56 Å². The van der Waals surface area contributed by atoms with Gasteiger partial charge in [-0.1, -0.05) is 30.3 Å². The highest BCUT2D eigenvalue weighted by molar-refractivity contribution is 7.19. The molecule has 1 aliphatic rings. The molecule has 0 atom stereocenters. The van der Waals surface area contributed by atoms with E-state index in [4.69, 9.17) is 4.74 Å². The zero-order valence-electron chi connectivity index (χ0n) is 16.1. The summed E-state index contributed by atoms with van der Waals surface area (Å²) in [5.74, 6) is 0.588. The molecule has 1 aliphatic heterocycles. The molecule has 2 aromatic heterocycles. The molecule has 146 valence electrons. The lowest BCUT2D eigenvalue weighted by atomic mass is 10.1. The van der Waals surface area contributed by atoms with Crippen molar-refractivity contribution in [1.29, 1.82) is 0 Å². The van der Waals surface area contributed by atoms with Crippen LogP contribution in [0.1, 0.15) is 22.4 Å². The highest BCUT2D eigenvalue weighted by Crippen LogP contribution is 2.34. The molecule has 0 aliphatic carbocycles. The highest BCUT2D eigenvalue weighted by Gasteiger charge is 2.15. The Bertz CT molecular complexity index is 1210. The first kappa shape index (κ1) is 18.2. The van der Waals surface area contributed by atoms with E-state index in [9.17, 15) is 4.79 Å². The van der Waals surface area contributed by atoms with Crippen LogP contribution in [0.2, 0.25) is 0 Å². The van der Waals surface area contributed by atoms with E-state index in [2.05, 4.69) is 17.4 Å². The summed E-state index contributed by atoms with van der Waals surface area (Å²) in [6, 6.07) is 19.7. The van der Waals surface area contributed by atoms with Crippen LogP contribution in [0.4, 0.5) is 0 Å². The Morgan fingerprint density at radius 1 is 1.07 bits per heavy atom. The standard InChI is InChI=1S/C24H22N2O2S/c27-24-14-19(28-16-17-5-2-1-3-6-17)10-12-26(24)18-8-9-23-20(13-18)21-15-25-11-4-7-22(21)29-23/h1-3,5-6,8-10,12-14,25H,4,7,11,15-16H2. The van der Waals surface area contributed by atoms with Gasteiger partial charge in [0.1, 0.15) is 12.4 Å². The summed E-state index contributed by atoms with van der Waals surface area (Å²) >= 11 is 1.88. The molecule has 29 heavy (non-hydrogen) atoms. The largest absolute Gasteiger partial charge is 0.489 e. The quantitative estimate of drug-likeness (QED) is 0.540. The number of hydrogen-bond donors (Lipinski definition) is 1. The Balaban J connectivity index is 1.43. The lowest BCUT2D eigenvalue weighted by Gasteiger charge is -2.10. The van der Waals surface area contributed by atoms with E-state index in [0.717, 1.165) is 30.8 Å². The molecule has 0 saturated carbocycles. The van der Waals surface area contributed by atoms with Crippen LogP contribution in [0.15, 0.2) is 71.7 Å². The third kappa shape index (κ3) is 3.71. The Kier molecular flexibility index (Phi) is 4.92. The van der Waals surface area contributed by atoms with Crippen LogP contribution in [0.25, 0.3) is 15.8 Å². The number of benzene rings is 2. The van der Waals surface area contributed by atoms with Gasteiger partial charge in [0.2, 0.25) is 0 Å². The van der Waals surface area contributed by atoms with Crippen LogP contribution < -0.4 is 15.6 Å². The molecule has 0 radical (unpaired) electrons. The predicted octanol–water partition coefficient (Wildman–Crippen LogP) is 4.67. The normalized spacial score (nSPS) is 13.8. The molecular weight excluding hydrogens is 380 g/mol. The fraction of sp³-hybridized carbons (Fsp3) is 0.208. The maximum Gasteiger partial charge on any atom is 0.258 e. The summed E-state index contributed by atoms with van der Waals surface area (Å²) in [6.07, 6.45) is 4.11. The van der Waals surface area contributed by atoms with Crippen molar-refractivity contribution in [3.8, 4) is 11.4 Å². The van der Waals surface area contributed by atoms with Crippen LogP contribution in [-0.4, -0.2) is 11.1 Å². The van der Waals surface area contributed by atoms with Crippen molar-refractivity contribution < 1.29 is 4.74 Å². The van der Waals surface area contributed by atoms with Crippen molar-refractivity contribution in [1.82, 2.24) is 9.88 Å². The van der Waals surface area contributed by atoms with Crippen LogP contribution in [0.3, 0.4) is 0 Å². The zero-order chi connectivity index (χ0) is 19.6.